The monoisotopic (exact) mass is 351 g/mol. The van der Waals surface area contributed by atoms with Crippen LogP contribution in [0.25, 0.3) is 5.57 Å². The Morgan fingerprint density at radius 2 is 2.23 bits per heavy atom. The quantitative estimate of drug-likeness (QED) is 0.800. The highest BCUT2D eigenvalue weighted by atomic mass is 16.2. The molecule has 1 fully saturated rings. The predicted molar refractivity (Wildman–Crippen MR) is 104 cm³/mol. The van der Waals surface area contributed by atoms with Crippen molar-refractivity contribution in [1.29, 1.82) is 0 Å². The molecule has 136 valence electrons. The lowest BCUT2D eigenvalue weighted by Crippen LogP contribution is -2.37. The van der Waals surface area contributed by atoms with Gasteiger partial charge in [-0.05, 0) is 49.6 Å². The summed E-state index contributed by atoms with van der Waals surface area (Å²) in [5.41, 5.74) is 3.08. The number of allylic oxidation sites excluding steroid dienone is 6. The second-order valence-corrected chi connectivity index (χ2v) is 6.52. The van der Waals surface area contributed by atoms with Gasteiger partial charge in [-0.25, -0.2) is 9.98 Å². The zero-order valence-electron chi connectivity index (χ0n) is 15.1. The predicted octanol–water partition coefficient (Wildman–Crippen LogP) is 2.35. The molecule has 0 radical (unpaired) electrons. The molecule has 1 aromatic heterocycles. The third-order valence-corrected chi connectivity index (χ3v) is 4.67. The smallest absolute Gasteiger partial charge is 0.228 e. The molecule has 0 bridgehead atoms. The highest BCUT2D eigenvalue weighted by Crippen LogP contribution is 2.17. The number of nitrogens with one attached hydrogen (secondary N) is 2. The number of rotatable bonds is 5. The first kappa shape index (κ1) is 18.1. The van der Waals surface area contributed by atoms with Gasteiger partial charge in [0.15, 0.2) is 0 Å². The van der Waals surface area contributed by atoms with Crippen LogP contribution in [0.15, 0.2) is 59.8 Å². The molecule has 0 unspecified atom stereocenters. The molecule has 2 N–H and O–H groups in total. The standard InChI is InChI=1S/C20H25N5O/c1-3-16(18-13-22-14-25(18)2)6-4-15-5-7-19(23-12-15)24-20(26)17-8-10-21-11-9-17/h3-4,6-7,12-14,17,21H,1,5,8-11H2,2H3,(H,24,26)/b15-4+,16-6+. The zero-order valence-corrected chi connectivity index (χ0v) is 15.1. The summed E-state index contributed by atoms with van der Waals surface area (Å²) in [7, 11) is 1.95. The van der Waals surface area contributed by atoms with Crippen LogP contribution in [0.3, 0.4) is 0 Å². The third kappa shape index (κ3) is 4.46. The summed E-state index contributed by atoms with van der Waals surface area (Å²) in [6.45, 7) is 5.68. The maximum Gasteiger partial charge on any atom is 0.228 e. The minimum Gasteiger partial charge on any atom is -0.334 e. The van der Waals surface area contributed by atoms with Crippen molar-refractivity contribution in [2.45, 2.75) is 19.3 Å². The Hall–Kier alpha value is -2.73. The first-order valence-electron chi connectivity index (χ1n) is 8.93. The Bertz CT molecular complexity index is 791. The minimum absolute atomic E-state index is 0.0763. The highest BCUT2D eigenvalue weighted by Gasteiger charge is 2.21. The van der Waals surface area contributed by atoms with Gasteiger partial charge in [0, 0.05) is 19.2 Å². The second kappa shape index (κ2) is 8.58. The number of hydrogen-bond donors (Lipinski definition) is 2. The summed E-state index contributed by atoms with van der Waals surface area (Å²) < 4.78 is 1.95. The number of hydrogen-bond acceptors (Lipinski definition) is 4. The number of aliphatic imine (C=N–C) groups is 1. The van der Waals surface area contributed by atoms with Gasteiger partial charge in [-0.2, -0.15) is 0 Å². The van der Waals surface area contributed by atoms with Gasteiger partial charge in [0.05, 0.1) is 18.2 Å². The summed E-state index contributed by atoms with van der Waals surface area (Å²) in [6, 6.07) is 0. The molecule has 3 heterocycles. The Morgan fingerprint density at radius 1 is 1.42 bits per heavy atom. The van der Waals surface area contributed by atoms with Gasteiger partial charge in [-0.15, -0.1) is 0 Å². The number of aryl methyl sites for hydroxylation is 1. The van der Waals surface area contributed by atoms with Crippen LogP contribution < -0.4 is 10.6 Å². The number of piperidine rings is 1. The van der Waals surface area contributed by atoms with Gasteiger partial charge < -0.3 is 15.2 Å². The van der Waals surface area contributed by atoms with E-state index in [9.17, 15) is 4.79 Å². The summed E-state index contributed by atoms with van der Waals surface area (Å²) >= 11 is 0. The van der Waals surface area contributed by atoms with E-state index in [-0.39, 0.29) is 11.8 Å². The van der Waals surface area contributed by atoms with Crippen molar-refractivity contribution in [3.8, 4) is 0 Å². The molecular weight excluding hydrogens is 326 g/mol. The molecule has 1 saturated heterocycles. The Morgan fingerprint density at radius 3 is 2.85 bits per heavy atom. The number of imidazole rings is 1. The zero-order chi connectivity index (χ0) is 18.4. The lowest BCUT2D eigenvalue weighted by atomic mass is 9.97. The van der Waals surface area contributed by atoms with Crippen molar-refractivity contribution in [3.63, 3.8) is 0 Å². The number of nitrogens with zero attached hydrogens (tertiary/aromatic N) is 3. The van der Waals surface area contributed by atoms with Crippen molar-refractivity contribution in [2.75, 3.05) is 13.1 Å². The molecule has 0 aliphatic carbocycles. The third-order valence-electron chi connectivity index (χ3n) is 4.67. The summed E-state index contributed by atoms with van der Waals surface area (Å²) in [6.07, 6.45) is 15.7. The number of carbonyl (C=O) groups excluding carboxylic acids is 1. The van der Waals surface area contributed by atoms with E-state index in [0.29, 0.717) is 5.82 Å². The molecule has 1 amide bonds. The molecule has 6 nitrogen and oxygen atoms in total. The minimum atomic E-state index is 0.0763. The number of aromatic nitrogens is 2. The van der Waals surface area contributed by atoms with Gasteiger partial charge in [0.2, 0.25) is 5.91 Å². The Balaban J connectivity index is 1.60. The number of amides is 1. The second-order valence-electron chi connectivity index (χ2n) is 6.52. The van der Waals surface area contributed by atoms with Crippen molar-refractivity contribution >= 4 is 17.7 Å². The molecule has 6 heteroatoms. The average molecular weight is 351 g/mol. The van der Waals surface area contributed by atoms with Crippen molar-refractivity contribution in [2.24, 2.45) is 18.0 Å². The van der Waals surface area contributed by atoms with E-state index in [4.69, 9.17) is 0 Å². The fourth-order valence-electron chi connectivity index (χ4n) is 3.07. The van der Waals surface area contributed by atoms with Gasteiger partial charge in [0.1, 0.15) is 5.82 Å². The van der Waals surface area contributed by atoms with Crippen LogP contribution in [-0.2, 0) is 11.8 Å². The van der Waals surface area contributed by atoms with Gasteiger partial charge in [-0.3, -0.25) is 4.79 Å². The van der Waals surface area contributed by atoms with Crippen LogP contribution in [0.5, 0.6) is 0 Å². The van der Waals surface area contributed by atoms with E-state index < -0.39 is 0 Å². The lowest BCUT2D eigenvalue weighted by Gasteiger charge is -2.22. The number of carbonyl (C=O) groups is 1. The molecular formula is C20H25N5O. The van der Waals surface area contributed by atoms with Gasteiger partial charge in [0.25, 0.3) is 0 Å². The molecule has 0 atom stereocenters. The fourth-order valence-corrected chi connectivity index (χ4v) is 3.07. The largest absolute Gasteiger partial charge is 0.334 e. The molecule has 3 rings (SSSR count). The molecule has 1 aromatic rings. The van der Waals surface area contributed by atoms with Crippen molar-refractivity contribution < 1.29 is 4.79 Å². The van der Waals surface area contributed by atoms with Crippen LogP contribution in [0, 0.1) is 5.92 Å². The van der Waals surface area contributed by atoms with Crippen LogP contribution >= 0.6 is 0 Å². The topological polar surface area (TPSA) is 71.3 Å². The van der Waals surface area contributed by atoms with Gasteiger partial charge >= 0.3 is 0 Å². The van der Waals surface area contributed by atoms with Crippen LogP contribution in [0.4, 0.5) is 0 Å². The molecule has 2 aliphatic heterocycles. The SMILES string of the molecule is C=C/C(=C\C=C1\C=NC(NC(=O)C2CCNCC2)=CC1)c1cncn1C. The fraction of sp³-hybridized carbons (Fsp3) is 0.350. The Kier molecular flexibility index (Phi) is 5.96. The van der Waals surface area contributed by atoms with E-state index in [0.717, 1.165) is 49.2 Å². The maximum absolute atomic E-state index is 12.3. The molecule has 2 aliphatic rings. The van der Waals surface area contributed by atoms with Crippen molar-refractivity contribution in [1.82, 2.24) is 20.2 Å². The summed E-state index contributed by atoms with van der Waals surface area (Å²) in [5.74, 6) is 0.805. The van der Waals surface area contributed by atoms with E-state index in [1.165, 1.54) is 0 Å². The average Bonchev–Trinajstić information content (AvgIpc) is 3.10. The molecule has 0 spiro atoms. The first-order chi connectivity index (χ1) is 12.7. The summed E-state index contributed by atoms with van der Waals surface area (Å²) in [5, 5.41) is 6.21. The molecule has 0 saturated carbocycles. The normalized spacial score (nSPS) is 20.1. The lowest BCUT2D eigenvalue weighted by molar-refractivity contribution is -0.125. The van der Waals surface area contributed by atoms with E-state index in [2.05, 4.69) is 27.2 Å². The molecule has 0 aromatic carbocycles. The molecule has 26 heavy (non-hydrogen) atoms. The maximum atomic E-state index is 12.3. The summed E-state index contributed by atoms with van der Waals surface area (Å²) in [4.78, 5) is 20.8. The van der Waals surface area contributed by atoms with Crippen LogP contribution in [-0.4, -0.2) is 34.8 Å². The van der Waals surface area contributed by atoms with Gasteiger partial charge in [-0.1, -0.05) is 24.8 Å². The van der Waals surface area contributed by atoms with E-state index in [1.807, 2.05) is 42.1 Å². The highest BCUT2D eigenvalue weighted by molar-refractivity contribution is 5.85. The van der Waals surface area contributed by atoms with Crippen LogP contribution in [0.2, 0.25) is 0 Å². The first-order valence-corrected chi connectivity index (χ1v) is 8.93. The van der Waals surface area contributed by atoms with Crippen LogP contribution in [0.1, 0.15) is 25.0 Å². The van der Waals surface area contributed by atoms with E-state index >= 15 is 0 Å². The van der Waals surface area contributed by atoms with Crippen molar-refractivity contribution in [3.05, 3.63) is 60.5 Å². The Labute approximate surface area is 154 Å². The van der Waals surface area contributed by atoms with E-state index in [1.54, 1.807) is 12.5 Å².